The van der Waals surface area contributed by atoms with Crippen molar-refractivity contribution in [3.8, 4) is 0 Å². The largest absolute Gasteiger partial charge is 0.316 e. The molecule has 3 nitrogen and oxygen atoms in total. The van der Waals surface area contributed by atoms with Crippen LogP contribution in [0.4, 0.5) is 0 Å². The number of Topliss-reactive ketones (excluding diaryl/α,β-unsaturated/α-hetero) is 2. The predicted octanol–water partition coefficient (Wildman–Crippen LogP) is 1.93. The fourth-order valence-electron chi connectivity index (χ4n) is 3.06. The molecule has 1 heterocycles. The van der Waals surface area contributed by atoms with Crippen LogP contribution in [0, 0.1) is 5.92 Å². The molecule has 1 fully saturated rings. The Kier molecular flexibility index (Phi) is 3.47. The maximum absolute atomic E-state index is 12.2. The maximum atomic E-state index is 12.2. The van der Waals surface area contributed by atoms with Gasteiger partial charge in [0.25, 0.3) is 0 Å². The molecule has 1 aliphatic heterocycles. The third kappa shape index (κ3) is 2.76. The first-order valence-corrected chi connectivity index (χ1v) is 7.10. The third-order valence-electron chi connectivity index (χ3n) is 4.25. The van der Waals surface area contributed by atoms with Gasteiger partial charge in [0.2, 0.25) is 0 Å². The zero-order chi connectivity index (χ0) is 13.2. The quantitative estimate of drug-likeness (QED) is 0.838. The van der Waals surface area contributed by atoms with Crippen LogP contribution in [0.25, 0.3) is 0 Å². The van der Waals surface area contributed by atoms with E-state index in [0.29, 0.717) is 25.2 Å². The number of rotatable bonds is 4. The second kappa shape index (κ2) is 5.25. The summed E-state index contributed by atoms with van der Waals surface area (Å²) in [5, 5.41) is 3.33. The average Bonchev–Trinajstić information content (AvgIpc) is 3.02. The highest BCUT2D eigenvalue weighted by atomic mass is 16.1. The fourth-order valence-corrected chi connectivity index (χ4v) is 3.06. The number of nitrogens with one attached hydrogen (secondary N) is 1. The van der Waals surface area contributed by atoms with Crippen LogP contribution in [0.2, 0.25) is 0 Å². The summed E-state index contributed by atoms with van der Waals surface area (Å²) in [6, 6.07) is 5.76. The van der Waals surface area contributed by atoms with Gasteiger partial charge in [-0.15, -0.1) is 0 Å². The molecule has 0 radical (unpaired) electrons. The molecule has 0 amide bonds. The molecule has 19 heavy (non-hydrogen) atoms. The van der Waals surface area contributed by atoms with Crippen LogP contribution in [-0.4, -0.2) is 24.7 Å². The minimum atomic E-state index is 0.217. The molecule has 1 saturated heterocycles. The minimum Gasteiger partial charge on any atom is -0.316 e. The van der Waals surface area contributed by atoms with Crippen molar-refractivity contribution in [2.75, 3.05) is 13.1 Å². The molecule has 3 heteroatoms. The molecule has 0 spiro atoms. The molecule has 100 valence electrons. The van der Waals surface area contributed by atoms with E-state index in [0.717, 1.165) is 36.2 Å². The zero-order valence-corrected chi connectivity index (χ0v) is 11.1. The van der Waals surface area contributed by atoms with Gasteiger partial charge in [0.05, 0.1) is 0 Å². The number of carbonyl (C=O) groups is 2. The summed E-state index contributed by atoms with van der Waals surface area (Å²) in [6.45, 7) is 2.13. The van der Waals surface area contributed by atoms with E-state index in [4.69, 9.17) is 0 Å². The molecule has 0 saturated carbocycles. The smallest absolute Gasteiger partial charge is 0.162 e. The Morgan fingerprint density at radius 2 is 2.11 bits per heavy atom. The molecule has 1 aromatic rings. The van der Waals surface area contributed by atoms with Gasteiger partial charge in [-0.25, -0.2) is 0 Å². The van der Waals surface area contributed by atoms with Crippen LogP contribution in [0.3, 0.4) is 0 Å². The summed E-state index contributed by atoms with van der Waals surface area (Å²) in [6.07, 6.45) is 3.83. The second-order valence-corrected chi connectivity index (χ2v) is 5.70. The lowest BCUT2D eigenvalue weighted by Gasteiger charge is -2.08. The number of carbonyl (C=O) groups excluding carboxylic acids is 2. The van der Waals surface area contributed by atoms with Crippen LogP contribution >= 0.6 is 0 Å². The number of hydrogen-bond acceptors (Lipinski definition) is 3. The van der Waals surface area contributed by atoms with Crippen LogP contribution in [-0.2, 0) is 17.6 Å². The van der Waals surface area contributed by atoms with E-state index in [1.807, 2.05) is 18.2 Å². The van der Waals surface area contributed by atoms with Crippen molar-refractivity contribution < 1.29 is 9.59 Å². The van der Waals surface area contributed by atoms with E-state index in [2.05, 4.69) is 5.32 Å². The number of ketones is 2. The highest BCUT2D eigenvalue weighted by Gasteiger charge is 2.20. The summed E-state index contributed by atoms with van der Waals surface area (Å²) >= 11 is 0. The molecular weight excluding hydrogens is 238 g/mol. The highest BCUT2D eigenvalue weighted by molar-refractivity contribution is 5.97. The Hall–Kier alpha value is -1.48. The number of benzene rings is 1. The van der Waals surface area contributed by atoms with Crippen molar-refractivity contribution in [2.45, 2.75) is 32.1 Å². The van der Waals surface area contributed by atoms with Crippen molar-refractivity contribution in [3.05, 3.63) is 34.9 Å². The normalized spacial score (nSPS) is 21.7. The van der Waals surface area contributed by atoms with Gasteiger partial charge in [-0.2, -0.15) is 0 Å². The molecule has 1 N–H and O–H groups in total. The van der Waals surface area contributed by atoms with Crippen molar-refractivity contribution in [2.24, 2.45) is 5.92 Å². The van der Waals surface area contributed by atoms with E-state index in [9.17, 15) is 9.59 Å². The summed E-state index contributed by atoms with van der Waals surface area (Å²) in [7, 11) is 0. The lowest BCUT2D eigenvalue weighted by Crippen LogP contribution is -2.10. The van der Waals surface area contributed by atoms with Gasteiger partial charge < -0.3 is 5.32 Å². The van der Waals surface area contributed by atoms with Crippen molar-refractivity contribution in [1.29, 1.82) is 0 Å². The Balaban J connectivity index is 1.63. The third-order valence-corrected chi connectivity index (χ3v) is 4.25. The zero-order valence-electron chi connectivity index (χ0n) is 11.1. The lowest BCUT2D eigenvalue weighted by atomic mass is 9.96. The Morgan fingerprint density at radius 1 is 1.26 bits per heavy atom. The highest BCUT2D eigenvalue weighted by Crippen LogP contribution is 2.22. The molecule has 1 aromatic carbocycles. The van der Waals surface area contributed by atoms with Gasteiger partial charge >= 0.3 is 0 Å². The first-order valence-electron chi connectivity index (χ1n) is 7.10. The van der Waals surface area contributed by atoms with Gasteiger partial charge in [0.15, 0.2) is 5.78 Å². The predicted molar refractivity (Wildman–Crippen MR) is 73.4 cm³/mol. The average molecular weight is 257 g/mol. The molecule has 2 aliphatic rings. The van der Waals surface area contributed by atoms with Crippen LogP contribution in [0.15, 0.2) is 18.2 Å². The molecule has 0 aromatic heterocycles. The fraction of sp³-hybridized carbons (Fsp3) is 0.500. The van der Waals surface area contributed by atoms with Gasteiger partial charge in [-0.3, -0.25) is 9.59 Å². The molecule has 1 aliphatic carbocycles. The monoisotopic (exact) mass is 257 g/mol. The molecule has 1 atom stereocenters. The molecule has 3 rings (SSSR count). The van der Waals surface area contributed by atoms with Gasteiger partial charge in [-0.1, -0.05) is 12.1 Å². The Morgan fingerprint density at radius 3 is 2.89 bits per heavy atom. The van der Waals surface area contributed by atoms with Crippen LogP contribution in [0.5, 0.6) is 0 Å². The minimum absolute atomic E-state index is 0.217. The number of hydrogen-bond donors (Lipinski definition) is 1. The summed E-state index contributed by atoms with van der Waals surface area (Å²) in [5.41, 5.74) is 2.93. The van der Waals surface area contributed by atoms with Crippen molar-refractivity contribution in [1.82, 2.24) is 5.32 Å². The summed E-state index contributed by atoms with van der Waals surface area (Å²) < 4.78 is 0. The van der Waals surface area contributed by atoms with Gasteiger partial charge in [-0.05, 0) is 49.0 Å². The first kappa shape index (κ1) is 12.5. The van der Waals surface area contributed by atoms with Gasteiger partial charge in [0.1, 0.15) is 5.78 Å². The Labute approximate surface area is 113 Å². The maximum Gasteiger partial charge on any atom is 0.162 e. The summed E-state index contributed by atoms with van der Waals surface area (Å²) in [4.78, 5) is 23.6. The van der Waals surface area contributed by atoms with E-state index < -0.39 is 0 Å². The van der Waals surface area contributed by atoms with Crippen LogP contribution in [0.1, 0.15) is 40.7 Å². The van der Waals surface area contributed by atoms with E-state index in [1.165, 1.54) is 6.42 Å². The Bertz CT molecular complexity index is 515. The second-order valence-electron chi connectivity index (χ2n) is 5.70. The summed E-state index contributed by atoms with van der Waals surface area (Å²) in [5.74, 6) is 1.13. The first-order chi connectivity index (χ1) is 9.22. The number of fused-ring (bicyclic) bond motifs is 1. The molecule has 0 unspecified atom stereocenters. The lowest BCUT2D eigenvalue weighted by molar-refractivity contribution is -0.117. The van der Waals surface area contributed by atoms with Crippen LogP contribution < -0.4 is 5.32 Å². The standard InChI is InChI=1S/C16H19NO2/c18-15-8-12-2-3-13(7-14(12)9-15)16(19)4-1-11-5-6-17-10-11/h2-3,7,11,17H,1,4-6,8-10H2/t11-/m1/s1. The van der Waals surface area contributed by atoms with Gasteiger partial charge in [0, 0.05) is 24.8 Å². The topological polar surface area (TPSA) is 46.2 Å². The van der Waals surface area contributed by atoms with E-state index in [1.54, 1.807) is 0 Å². The van der Waals surface area contributed by atoms with Crippen molar-refractivity contribution in [3.63, 3.8) is 0 Å². The van der Waals surface area contributed by atoms with E-state index in [-0.39, 0.29) is 11.6 Å². The SMILES string of the molecule is O=C1Cc2ccc(C(=O)CC[C@@H]3CCNC3)cc2C1. The van der Waals surface area contributed by atoms with Crippen molar-refractivity contribution >= 4 is 11.6 Å². The van der Waals surface area contributed by atoms with E-state index >= 15 is 0 Å². The molecular formula is C16H19NO2. The molecule has 0 bridgehead atoms.